The van der Waals surface area contributed by atoms with Crippen molar-refractivity contribution in [3.63, 3.8) is 0 Å². The van der Waals surface area contributed by atoms with Crippen LogP contribution >= 0.6 is 11.8 Å². The fraction of sp³-hybridized carbons (Fsp3) is 0.273. The number of para-hydroxylation sites is 1. The highest BCUT2D eigenvalue weighted by molar-refractivity contribution is 8.27. The van der Waals surface area contributed by atoms with Gasteiger partial charge in [0, 0.05) is 0 Å². The number of hydrogen-bond donors (Lipinski definition) is 1. The topological polar surface area (TPSA) is 115 Å². The summed E-state index contributed by atoms with van der Waals surface area (Å²) in [6, 6.07) is 20.9. The molecule has 228 valence electrons. The predicted octanol–water partition coefficient (Wildman–Crippen LogP) is 6.37. The second kappa shape index (κ2) is 14.1. The van der Waals surface area contributed by atoms with Crippen LogP contribution in [0.15, 0.2) is 82.4 Å². The number of carbonyl (C=O) groups is 1. The highest BCUT2D eigenvalue weighted by Gasteiger charge is 2.36. The van der Waals surface area contributed by atoms with Gasteiger partial charge in [0.15, 0.2) is 17.3 Å². The third-order valence-corrected chi connectivity index (χ3v) is 7.94. The van der Waals surface area contributed by atoms with Crippen molar-refractivity contribution < 1.29 is 28.5 Å². The molecule has 0 saturated carbocycles. The van der Waals surface area contributed by atoms with E-state index in [-0.39, 0.29) is 24.6 Å². The maximum Gasteiger partial charge on any atom is 0.283 e. The van der Waals surface area contributed by atoms with Crippen LogP contribution in [0.5, 0.6) is 28.7 Å². The molecule has 3 aromatic carbocycles. The lowest BCUT2D eigenvalue weighted by Gasteiger charge is -2.20. The first-order valence-electron chi connectivity index (χ1n) is 14.2. The third kappa shape index (κ3) is 7.05. The number of amidine groups is 2. The van der Waals surface area contributed by atoms with E-state index in [1.54, 1.807) is 18.2 Å². The van der Waals surface area contributed by atoms with E-state index in [1.165, 1.54) is 36.6 Å². The predicted molar refractivity (Wildman–Crippen MR) is 173 cm³/mol. The van der Waals surface area contributed by atoms with Crippen molar-refractivity contribution in [2.75, 3.05) is 34.0 Å². The van der Waals surface area contributed by atoms with E-state index in [0.29, 0.717) is 51.3 Å². The van der Waals surface area contributed by atoms with E-state index in [4.69, 9.17) is 29.1 Å². The van der Waals surface area contributed by atoms with E-state index < -0.39 is 5.91 Å². The lowest BCUT2D eigenvalue weighted by molar-refractivity contribution is -0.114. The van der Waals surface area contributed by atoms with Crippen molar-refractivity contribution in [3.05, 3.63) is 83.4 Å². The highest BCUT2D eigenvalue weighted by Crippen LogP contribution is 2.39. The van der Waals surface area contributed by atoms with Gasteiger partial charge in [0.2, 0.25) is 10.9 Å². The number of fused-ring (bicyclic) bond motifs is 1. The van der Waals surface area contributed by atoms with Crippen molar-refractivity contribution in [3.8, 4) is 28.7 Å². The molecule has 2 aliphatic rings. The molecule has 0 aliphatic carbocycles. The van der Waals surface area contributed by atoms with Crippen LogP contribution in [0.1, 0.15) is 37.3 Å². The number of hydrogen-bond acceptors (Lipinski definition) is 9. The molecule has 0 bridgehead atoms. The molecule has 0 unspecified atom stereocenters. The molecule has 0 radical (unpaired) electrons. The molecule has 2 aliphatic heterocycles. The van der Waals surface area contributed by atoms with Crippen LogP contribution in [0.4, 0.5) is 0 Å². The zero-order chi connectivity index (χ0) is 31.1. The van der Waals surface area contributed by atoms with Crippen molar-refractivity contribution in [1.82, 2.24) is 5.01 Å². The van der Waals surface area contributed by atoms with E-state index in [0.717, 1.165) is 12.2 Å². The lowest BCUT2D eigenvalue weighted by Crippen LogP contribution is -2.35. The van der Waals surface area contributed by atoms with Crippen molar-refractivity contribution >= 4 is 39.8 Å². The summed E-state index contributed by atoms with van der Waals surface area (Å²) in [5.74, 6) is 2.56. The Morgan fingerprint density at radius 1 is 0.932 bits per heavy atom. The molecule has 2 heterocycles. The summed E-state index contributed by atoms with van der Waals surface area (Å²) in [7, 11) is 3.04. The molecule has 5 rings (SSSR count). The Kier molecular flexibility index (Phi) is 9.86. The van der Waals surface area contributed by atoms with Crippen molar-refractivity contribution in [1.29, 1.82) is 5.41 Å². The van der Waals surface area contributed by atoms with E-state index in [1.807, 2.05) is 42.5 Å². The Hall–Kier alpha value is -4.77. The summed E-state index contributed by atoms with van der Waals surface area (Å²) < 4.78 is 28.8. The van der Waals surface area contributed by atoms with Crippen LogP contribution in [0.3, 0.4) is 0 Å². The quantitative estimate of drug-likeness (QED) is 0.174. The average Bonchev–Trinajstić information content (AvgIpc) is 3.47. The average molecular weight is 615 g/mol. The van der Waals surface area contributed by atoms with Gasteiger partial charge in [-0.25, -0.2) is 0 Å². The van der Waals surface area contributed by atoms with Crippen LogP contribution < -0.4 is 23.7 Å². The third-order valence-electron chi connectivity index (χ3n) is 7.06. The monoisotopic (exact) mass is 614 g/mol. The molecule has 1 amide bonds. The minimum Gasteiger partial charge on any atom is -0.493 e. The van der Waals surface area contributed by atoms with Crippen LogP contribution in [0.25, 0.3) is 6.08 Å². The van der Waals surface area contributed by atoms with Crippen molar-refractivity contribution in [2.45, 2.75) is 26.2 Å². The Morgan fingerprint density at radius 2 is 1.59 bits per heavy atom. The number of nitrogens with zero attached hydrogens (tertiary/aromatic N) is 3. The minimum atomic E-state index is -0.540. The zero-order valence-electron chi connectivity index (χ0n) is 25.0. The first kappa shape index (κ1) is 30.7. The zero-order valence-corrected chi connectivity index (χ0v) is 25.8. The van der Waals surface area contributed by atoms with E-state index >= 15 is 0 Å². The van der Waals surface area contributed by atoms with E-state index in [9.17, 15) is 4.79 Å². The fourth-order valence-corrected chi connectivity index (χ4v) is 5.27. The van der Waals surface area contributed by atoms with Crippen molar-refractivity contribution in [2.24, 2.45) is 10.1 Å². The molecule has 1 atom stereocenters. The Labute approximate surface area is 260 Å². The van der Waals surface area contributed by atoms with Crippen LogP contribution in [0, 0.1) is 5.41 Å². The van der Waals surface area contributed by atoms with Gasteiger partial charge in [0.1, 0.15) is 36.4 Å². The number of carbonyl (C=O) groups excluding carboxylic acids is 1. The maximum atomic E-state index is 13.0. The molecule has 1 N–H and O–H groups in total. The van der Waals surface area contributed by atoms with Gasteiger partial charge >= 0.3 is 0 Å². The van der Waals surface area contributed by atoms with Crippen LogP contribution in [-0.4, -0.2) is 61.0 Å². The first-order valence-corrected chi connectivity index (χ1v) is 15.0. The second-order valence-corrected chi connectivity index (χ2v) is 11.0. The number of nitrogens with one attached hydrogen (secondary N) is 1. The number of aliphatic imine (C=N–C) groups is 1. The summed E-state index contributed by atoms with van der Waals surface area (Å²) in [6.45, 7) is 5.13. The van der Waals surface area contributed by atoms with Gasteiger partial charge in [0.25, 0.3) is 5.91 Å². The molecule has 11 heteroatoms. The smallest absolute Gasteiger partial charge is 0.283 e. The first-order chi connectivity index (χ1) is 21.4. The Morgan fingerprint density at radius 3 is 2.25 bits per heavy atom. The summed E-state index contributed by atoms with van der Waals surface area (Å²) in [4.78, 5) is 17.1. The van der Waals surface area contributed by atoms with Gasteiger partial charge in [-0.2, -0.15) is 15.1 Å². The van der Waals surface area contributed by atoms with Gasteiger partial charge in [-0.1, -0.05) is 44.2 Å². The molecule has 10 nitrogen and oxygen atoms in total. The summed E-state index contributed by atoms with van der Waals surface area (Å²) in [6.07, 6.45) is 2.64. The molecular weight excluding hydrogens is 580 g/mol. The summed E-state index contributed by atoms with van der Waals surface area (Å²) in [5, 5.41) is 15.4. The summed E-state index contributed by atoms with van der Waals surface area (Å²) >= 11 is 1.20. The number of rotatable bonds is 13. The van der Waals surface area contributed by atoms with Crippen LogP contribution in [-0.2, 0) is 4.79 Å². The lowest BCUT2D eigenvalue weighted by atomic mass is 9.99. The molecule has 0 saturated heterocycles. The number of benzene rings is 3. The summed E-state index contributed by atoms with van der Waals surface area (Å²) in [5.41, 5.74) is 1.93. The molecular formula is C33H34N4O6S. The van der Waals surface area contributed by atoms with Crippen LogP contribution in [0.2, 0.25) is 0 Å². The Bertz CT molecular complexity index is 1580. The molecule has 0 spiro atoms. The van der Waals surface area contributed by atoms with Gasteiger partial charge in [-0.3, -0.25) is 10.2 Å². The molecule has 3 aromatic rings. The van der Waals surface area contributed by atoms with Gasteiger partial charge in [-0.15, -0.1) is 0 Å². The molecule has 0 aromatic heterocycles. The molecule has 44 heavy (non-hydrogen) atoms. The van der Waals surface area contributed by atoms with Gasteiger partial charge in [-0.05, 0) is 77.7 Å². The number of methoxy groups -OCH3 is 2. The minimum absolute atomic E-state index is 0.0776. The number of amides is 1. The highest BCUT2D eigenvalue weighted by atomic mass is 32.2. The number of thioether (sulfide) groups is 1. The SMILES string of the molecule is CC[C@H](C)c1ccc(OCCOc2c(OC)cc(/C=C3\C(=N)N4N=C(COc5ccccc5)SC4=NC3=O)cc2OC)cc1. The van der Waals surface area contributed by atoms with E-state index in [2.05, 4.69) is 36.1 Å². The number of ether oxygens (including phenoxy) is 5. The Balaban J connectivity index is 1.25. The standard InChI is InChI=1S/C33H34N4O6S/c1-5-21(2)23-11-13-25(14-12-23)41-15-16-42-30-27(39-3)18-22(19-28(30)40-4)17-26-31(34)37-33(35-32(26)38)44-29(36-37)20-43-24-9-7-6-8-10-24/h6-14,17-19,21,34H,5,15-16,20H2,1-4H3/b26-17+,34-31?/t21-/m0/s1. The number of hydrazone groups is 1. The normalized spacial score (nSPS) is 15.8. The molecule has 0 fully saturated rings. The maximum absolute atomic E-state index is 13.0. The fourth-order valence-electron chi connectivity index (χ4n) is 4.48. The second-order valence-electron chi connectivity index (χ2n) is 9.95. The van der Waals surface area contributed by atoms with Gasteiger partial charge in [0.05, 0.1) is 19.8 Å². The largest absolute Gasteiger partial charge is 0.493 e. The van der Waals surface area contributed by atoms with Gasteiger partial charge < -0.3 is 23.7 Å².